The fourth-order valence-electron chi connectivity index (χ4n) is 1.29. The topological polar surface area (TPSA) is 78.5 Å². The lowest BCUT2D eigenvalue weighted by atomic mass is 10.1. The number of H-pyrrole nitrogens is 1. The maximum atomic E-state index is 9.03. The molecule has 2 aromatic rings. The predicted octanol–water partition coefficient (Wildman–Crippen LogP) is 1.89. The molecular formula is C11H10N4S. The van der Waals surface area contributed by atoms with Crippen LogP contribution in [0.15, 0.2) is 40.6 Å². The van der Waals surface area contributed by atoms with Crippen LogP contribution in [0.2, 0.25) is 0 Å². The molecule has 0 bridgehead atoms. The summed E-state index contributed by atoms with van der Waals surface area (Å²) in [7, 11) is 0. The van der Waals surface area contributed by atoms with Gasteiger partial charge in [0.15, 0.2) is 5.16 Å². The van der Waals surface area contributed by atoms with Gasteiger partial charge in [-0.05, 0) is 17.7 Å². The number of nitrogens with zero attached hydrogens (tertiary/aromatic N) is 2. The number of nitrogens with two attached hydrogens (primary N) is 1. The molecule has 0 radical (unpaired) electrons. The first-order chi connectivity index (χ1) is 7.83. The van der Waals surface area contributed by atoms with Crippen LogP contribution in [-0.2, 0) is 6.54 Å². The minimum Gasteiger partial charge on any atom is -0.339 e. The monoisotopic (exact) mass is 230 g/mol. The van der Waals surface area contributed by atoms with Crippen molar-refractivity contribution in [3.05, 3.63) is 41.7 Å². The van der Waals surface area contributed by atoms with E-state index in [9.17, 15) is 0 Å². The van der Waals surface area contributed by atoms with Crippen molar-refractivity contribution in [2.24, 2.45) is 5.73 Å². The number of aromatic amines is 1. The molecule has 1 heterocycles. The molecule has 0 saturated carbocycles. The SMILES string of the molecule is N#Cc1cc(CN)ccc1Sc1ncc[nH]1. The van der Waals surface area contributed by atoms with Crippen molar-refractivity contribution in [1.82, 2.24) is 9.97 Å². The minimum atomic E-state index is 0.445. The van der Waals surface area contributed by atoms with Gasteiger partial charge < -0.3 is 10.7 Å². The second kappa shape index (κ2) is 4.84. The number of rotatable bonds is 3. The molecule has 4 nitrogen and oxygen atoms in total. The zero-order valence-electron chi connectivity index (χ0n) is 8.47. The quantitative estimate of drug-likeness (QED) is 0.844. The van der Waals surface area contributed by atoms with Crippen molar-refractivity contribution >= 4 is 11.8 Å². The van der Waals surface area contributed by atoms with Gasteiger partial charge in [0, 0.05) is 23.8 Å². The van der Waals surface area contributed by atoms with Crippen molar-refractivity contribution in [3.8, 4) is 6.07 Å². The van der Waals surface area contributed by atoms with Gasteiger partial charge in [-0.15, -0.1) is 0 Å². The van der Waals surface area contributed by atoms with Gasteiger partial charge in [0.1, 0.15) is 6.07 Å². The van der Waals surface area contributed by atoms with Crippen LogP contribution in [0, 0.1) is 11.3 Å². The average Bonchev–Trinajstić information content (AvgIpc) is 2.82. The van der Waals surface area contributed by atoms with E-state index < -0.39 is 0 Å². The molecule has 0 amide bonds. The molecule has 1 aromatic carbocycles. The van der Waals surface area contributed by atoms with Crippen LogP contribution in [0.1, 0.15) is 11.1 Å². The van der Waals surface area contributed by atoms with Gasteiger partial charge in [-0.1, -0.05) is 17.8 Å². The van der Waals surface area contributed by atoms with Crippen LogP contribution in [0.5, 0.6) is 0 Å². The summed E-state index contributed by atoms with van der Waals surface area (Å²) >= 11 is 1.43. The lowest BCUT2D eigenvalue weighted by Crippen LogP contribution is -1.97. The fraction of sp³-hybridized carbons (Fsp3) is 0.0909. The van der Waals surface area contributed by atoms with Crippen LogP contribution in [0.4, 0.5) is 0 Å². The van der Waals surface area contributed by atoms with Gasteiger partial charge in [0.2, 0.25) is 0 Å². The third-order valence-electron chi connectivity index (χ3n) is 2.08. The van der Waals surface area contributed by atoms with E-state index in [1.54, 1.807) is 12.4 Å². The van der Waals surface area contributed by atoms with E-state index in [4.69, 9.17) is 11.0 Å². The molecule has 0 atom stereocenters. The summed E-state index contributed by atoms with van der Waals surface area (Å²) in [5, 5.41) is 9.81. The third-order valence-corrected chi connectivity index (χ3v) is 3.07. The van der Waals surface area contributed by atoms with E-state index >= 15 is 0 Å². The van der Waals surface area contributed by atoms with Crippen molar-refractivity contribution in [2.75, 3.05) is 0 Å². The molecule has 3 N–H and O–H groups in total. The maximum absolute atomic E-state index is 9.03. The summed E-state index contributed by atoms with van der Waals surface area (Å²) in [6.45, 7) is 0.445. The van der Waals surface area contributed by atoms with Crippen LogP contribution in [0.3, 0.4) is 0 Å². The normalized spacial score (nSPS) is 10.0. The molecule has 0 spiro atoms. The first-order valence-electron chi connectivity index (χ1n) is 4.74. The summed E-state index contributed by atoms with van der Waals surface area (Å²) < 4.78 is 0. The first kappa shape index (κ1) is 10.7. The Morgan fingerprint density at radius 1 is 1.50 bits per heavy atom. The Bertz CT molecular complexity index is 513. The van der Waals surface area contributed by atoms with Crippen LogP contribution in [0.25, 0.3) is 0 Å². The van der Waals surface area contributed by atoms with Crippen LogP contribution >= 0.6 is 11.8 Å². The molecule has 80 valence electrons. The molecule has 1 aromatic heterocycles. The Kier molecular flexibility index (Phi) is 3.25. The lowest BCUT2D eigenvalue weighted by molar-refractivity contribution is 1.05. The van der Waals surface area contributed by atoms with E-state index in [1.807, 2.05) is 18.2 Å². The smallest absolute Gasteiger partial charge is 0.170 e. The van der Waals surface area contributed by atoms with E-state index in [0.717, 1.165) is 15.6 Å². The number of benzene rings is 1. The minimum absolute atomic E-state index is 0.445. The number of nitriles is 1. The largest absolute Gasteiger partial charge is 0.339 e. The number of nitrogens with one attached hydrogen (secondary N) is 1. The summed E-state index contributed by atoms with van der Waals surface area (Å²) in [6, 6.07) is 7.79. The fourth-order valence-corrected chi connectivity index (χ4v) is 2.09. The van der Waals surface area contributed by atoms with Crippen molar-refractivity contribution in [3.63, 3.8) is 0 Å². The standard InChI is InChI=1S/C11H10N4S/c12-6-8-1-2-10(9(5-8)7-13)16-11-14-3-4-15-11/h1-5H,6,12H2,(H,14,15). The van der Waals surface area contributed by atoms with E-state index in [2.05, 4.69) is 16.0 Å². The van der Waals surface area contributed by atoms with E-state index in [1.165, 1.54) is 11.8 Å². The van der Waals surface area contributed by atoms with Gasteiger partial charge in [-0.25, -0.2) is 4.98 Å². The highest BCUT2D eigenvalue weighted by Gasteiger charge is 2.06. The lowest BCUT2D eigenvalue weighted by Gasteiger charge is -2.03. The van der Waals surface area contributed by atoms with Gasteiger partial charge in [-0.2, -0.15) is 5.26 Å². The van der Waals surface area contributed by atoms with Crippen LogP contribution in [-0.4, -0.2) is 9.97 Å². The number of aromatic nitrogens is 2. The Morgan fingerprint density at radius 3 is 3.00 bits per heavy atom. The number of imidazole rings is 1. The first-order valence-corrected chi connectivity index (χ1v) is 5.55. The Hall–Kier alpha value is -1.77. The highest BCUT2D eigenvalue weighted by Crippen LogP contribution is 2.28. The Morgan fingerprint density at radius 2 is 2.38 bits per heavy atom. The third kappa shape index (κ3) is 2.24. The zero-order chi connectivity index (χ0) is 11.4. The van der Waals surface area contributed by atoms with Gasteiger partial charge in [0.25, 0.3) is 0 Å². The molecule has 16 heavy (non-hydrogen) atoms. The summed E-state index contributed by atoms with van der Waals surface area (Å²) in [5.41, 5.74) is 7.11. The summed E-state index contributed by atoms with van der Waals surface area (Å²) in [5.74, 6) is 0. The van der Waals surface area contributed by atoms with Gasteiger partial charge in [-0.3, -0.25) is 0 Å². The zero-order valence-corrected chi connectivity index (χ0v) is 9.29. The molecule has 0 aliphatic heterocycles. The van der Waals surface area contributed by atoms with Crippen molar-refractivity contribution in [2.45, 2.75) is 16.6 Å². The number of hydrogen-bond donors (Lipinski definition) is 2. The predicted molar refractivity (Wildman–Crippen MR) is 61.8 cm³/mol. The molecular weight excluding hydrogens is 220 g/mol. The van der Waals surface area contributed by atoms with Gasteiger partial charge in [0.05, 0.1) is 5.56 Å². The summed E-state index contributed by atoms with van der Waals surface area (Å²) in [6.07, 6.45) is 3.44. The maximum Gasteiger partial charge on any atom is 0.170 e. The number of hydrogen-bond acceptors (Lipinski definition) is 4. The van der Waals surface area contributed by atoms with E-state index in [-0.39, 0.29) is 0 Å². The summed E-state index contributed by atoms with van der Waals surface area (Å²) in [4.78, 5) is 7.97. The molecule has 0 unspecified atom stereocenters. The molecule has 0 aliphatic rings. The highest BCUT2D eigenvalue weighted by atomic mass is 32.2. The molecule has 5 heteroatoms. The van der Waals surface area contributed by atoms with E-state index in [0.29, 0.717) is 12.1 Å². The van der Waals surface area contributed by atoms with Crippen LogP contribution < -0.4 is 5.73 Å². The highest BCUT2D eigenvalue weighted by molar-refractivity contribution is 7.99. The second-order valence-corrected chi connectivity index (χ2v) is 4.17. The Labute approximate surface area is 97.5 Å². The van der Waals surface area contributed by atoms with Crippen molar-refractivity contribution < 1.29 is 0 Å². The molecule has 0 aliphatic carbocycles. The Balaban J connectivity index is 2.31. The van der Waals surface area contributed by atoms with Gasteiger partial charge >= 0.3 is 0 Å². The molecule has 2 rings (SSSR count). The average molecular weight is 230 g/mol. The van der Waals surface area contributed by atoms with Crippen molar-refractivity contribution in [1.29, 1.82) is 5.26 Å². The molecule has 0 saturated heterocycles. The second-order valence-electron chi connectivity index (χ2n) is 3.14. The molecule has 0 fully saturated rings.